The molecule has 0 unspecified atom stereocenters. The summed E-state index contributed by atoms with van der Waals surface area (Å²) < 4.78 is 4.61. The molecule has 0 saturated heterocycles. The Bertz CT molecular complexity index is 482. The van der Waals surface area contributed by atoms with Crippen LogP contribution in [0.15, 0.2) is 41.1 Å². The van der Waals surface area contributed by atoms with E-state index in [2.05, 4.69) is 15.0 Å². The van der Waals surface area contributed by atoms with Crippen molar-refractivity contribution in [3.63, 3.8) is 0 Å². The van der Waals surface area contributed by atoms with Crippen LogP contribution in [0.4, 0.5) is 5.82 Å². The summed E-state index contributed by atoms with van der Waals surface area (Å²) in [6, 6.07) is 8.67. The molecular weight excluding hydrogens is 228 g/mol. The summed E-state index contributed by atoms with van der Waals surface area (Å²) in [5, 5.41) is 6.19. The zero-order valence-corrected chi connectivity index (χ0v) is 9.07. The van der Waals surface area contributed by atoms with Crippen molar-refractivity contribution in [3.05, 3.63) is 47.7 Å². The Morgan fingerprint density at radius 2 is 2.31 bits per heavy atom. The molecule has 1 aromatic heterocycles. The van der Waals surface area contributed by atoms with Crippen LogP contribution in [0.2, 0.25) is 0 Å². The lowest BCUT2D eigenvalue weighted by atomic mass is 10.1. The summed E-state index contributed by atoms with van der Waals surface area (Å²) in [6.45, 7) is 0. The van der Waals surface area contributed by atoms with Crippen LogP contribution < -0.4 is 5.32 Å². The molecule has 0 spiro atoms. The number of aromatic nitrogens is 1. The number of alkyl halides is 1. The van der Waals surface area contributed by atoms with Gasteiger partial charge in [0.15, 0.2) is 5.82 Å². The maximum atomic E-state index is 11.7. The average molecular weight is 237 g/mol. The van der Waals surface area contributed by atoms with E-state index in [1.54, 1.807) is 24.3 Å². The lowest BCUT2D eigenvalue weighted by Crippen LogP contribution is -2.12. The highest BCUT2D eigenvalue weighted by Crippen LogP contribution is 2.10. The van der Waals surface area contributed by atoms with Gasteiger partial charge in [-0.05, 0) is 17.7 Å². The number of halogens is 1. The fourth-order valence-corrected chi connectivity index (χ4v) is 1.43. The number of carbonyl (C=O) groups is 1. The summed E-state index contributed by atoms with van der Waals surface area (Å²) in [5.41, 5.74) is 1.44. The number of hydrogen-bond donors (Lipinski definition) is 1. The monoisotopic (exact) mass is 236 g/mol. The highest BCUT2D eigenvalue weighted by Gasteiger charge is 2.07. The minimum absolute atomic E-state index is 0.235. The van der Waals surface area contributed by atoms with E-state index in [1.165, 1.54) is 6.26 Å². The molecule has 0 aliphatic heterocycles. The first-order chi connectivity index (χ1) is 7.79. The third-order valence-electron chi connectivity index (χ3n) is 2.02. The van der Waals surface area contributed by atoms with Crippen molar-refractivity contribution in [1.82, 2.24) is 5.16 Å². The largest absolute Gasteiger partial charge is 0.363 e. The summed E-state index contributed by atoms with van der Waals surface area (Å²) in [5.74, 6) is 0.535. The molecule has 0 fully saturated rings. The van der Waals surface area contributed by atoms with E-state index in [4.69, 9.17) is 11.6 Å². The standard InChI is InChI=1S/C11H9ClN2O2/c12-7-8-2-1-3-9(6-8)11(15)13-10-4-5-16-14-10/h1-6H,7H2,(H,13,14,15). The van der Waals surface area contributed by atoms with Gasteiger partial charge in [0.05, 0.1) is 0 Å². The van der Waals surface area contributed by atoms with E-state index < -0.39 is 0 Å². The SMILES string of the molecule is O=C(Nc1ccon1)c1cccc(CCl)c1. The van der Waals surface area contributed by atoms with E-state index in [9.17, 15) is 4.79 Å². The minimum Gasteiger partial charge on any atom is -0.363 e. The van der Waals surface area contributed by atoms with Crippen molar-refractivity contribution < 1.29 is 9.32 Å². The highest BCUT2D eigenvalue weighted by molar-refractivity contribution is 6.17. The third-order valence-corrected chi connectivity index (χ3v) is 2.33. The van der Waals surface area contributed by atoms with Gasteiger partial charge in [0, 0.05) is 17.5 Å². The first kappa shape index (κ1) is 10.7. The Labute approximate surface area is 97.2 Å². The van der Waals surface area contributed by atoms with E-state index in [1.807, 2.05) is 6.07 Å². The van der Waals surface area contributed by atoms with Crippen molar-refractivity contribution in [2.24, 2.45) is 0 Å². The number of amides is 1. The van der Waals surface area contributed by atoms with Crippen LogP contribution in [-0.2, 0) is 5.88 Å². The number of nitrogens with one attached hydrogen (secondary N) is 1. The van der Waals surface area contributed by atoms with Crippen LogP contribution in [0.1, 0.15) is 15.9 Å². The van der Waals surface area contributed by atoms with Gasteiger partial charge >= 0.3 is 0 Å². The predicted octanol–water partition coefficient (Wildman–Crippen LogP) is 2.67. The van der Waals surface area contributed by atoms with Gasteiger partial charge in [-0.15, -0.1) is 11.6 Å². The molecule has 0 bridgehead atoms. The Kier molecular flexibility index (Phi) is 3.22. The smallest absolute Gasteiger partial charge is 0.256 e. The molecule has 0 aliphatic carbocycles. The van der Waals surface area contributed by atoms with Crippen molar-refractivity contribution in [2.75, 3.05) is 5.32 Å². The zero-order chi connectivity index (χ0) is 11.4. The average Bonchev–Trinajstić information content (AvgIpc) is 2.82. The number of benzene rings is 1. The van der Waals surface area contributed by atoms with Crippen LogP contribution >= 0.6 is 11.6 Å². The lowest BCUT2D eigenvalue weighted by Gasteiger charge is -2.02. The molecule has 2 aromatic rings. The van der Waals surface area contributed by atoms with Gasteiger partial charge < -0.3 is 9.84 Å². The van der Waals surface area contributed by atoms with Crippen LogP contribution in [0.3, 0.4) is 0 Å². The number of rotatable bonds is 3. The maximum absolute atomic E-state index is 11.7. The predicted molar refractivity (Wildman–Crippen MR) is 60.5 cm³/mol. The van der Waals surface area contributed by atoms with Gasteiger partial charge in [-0.2, -0.15) is 0 Å². The van der Waals surface area contributed by atoms with E-state index in [-0.39, 0.29) is 5.91 Å². The van der Waals surface area contributed by atoms with Gasteiger partial charge in [0.1, 0.15) is 6.26 Å². The van der Waals surface area contributed by atoms with Crippen molar-refractivity contribution >= 4 is 23.3 Å². The quantitative estimate of drug-likeness (QED) is 0.834. The number of carbonyl (C=O) groups excluding carboxylic acids is 1. The Hall–Kier alpha value is -1.81. The molecule has 1 amide bonds. The second-order valence-corrected chi connectivity index (χ2v) is 3.44. The summed E-state index contributed by atoms with van der Waals surface area (Å²) in [6.07, 6.45) is 1.39. The summed E-state index contributed by atoms with van der Waals surface area (Å²) in [4.78, 5) is 11.7. The second kappa shape index (κ2) is 4.81. The number of anilines is 1. The molecule has 16 heavy (non-hydrogen) atoms. The van der Waals surface area contributed by atoms with E-state index in [0.29, 0.717) is 17.3 Å². The molecule has 4 nitrogen and oxygen atoms in total. The Morgan fingerprint density at radius 1 is 1.44 bits per heavy atom. The van der Waals surface area contributed by atoms with Crippen LogP contribution in [0.5, 0.6) is 0 Å². The van der Waals surface area contributed by atoms with Gasteiger partial charge in [-0.25, -0.2) is 0 Å². The minimum atomic E-state index is -0.235. The molecular formula is C11H9ClN2O2. The molecule has 0 atom stereocenters. The van der Waals surface area contributed by atoms with Crippen LogP contribution in [0, 0.1) is 0 Å². The van der Waals surface area contributed by atoms with Gasteiger partial charge in [-0.3, -0.25) is 4.79 Å². The molecule has 1 aromatic carbocycles. The second-order valence-electron chi connectivity index (χ2n) is 3.17. The van der Waals surface area contributed by atoms with Crippen LogP contribution in [0.25, 0.3) is 0 Å². The molecule has 5 heteroatoms. The van der Waals surface area contributed by atoms with Gasteiger partial charge in [-0.1, -0.05) is 17.3 Å². The Morgan fingerprint density at radius 3 is 3.00 bits per heavy atom. The lowest BCUT2D eigenvalue weighted by molar-refractivity contribution is 0.102. The molecule has 2 rings (SSSR count). The first-order valence-electron chi connectivity index (χ1n) is 4.66. The van der Waals surface area contributed by atoms with E-state index in [0.717, 1.165) is 5.56 Å². The number of hydrogen-bond acceptors (Lipinski definition) is 3. The molecule has 0 aliphatic rings. The molecule has 0 saturated carbocycles. The maximum Gasteiger partial charge on any atom is 0.256 e. The fourth-order valence-electron chi connectivity index (χ4n) is 1.26. The third kappa shape index (κ3) is 2.41. The summed E-state index contributed by atoms with van der Waals surface area (Å²) in [7, 11) is 0. The van der Waals surface area contributed by atoms with Crippen molar-refractivity contribution in [3.8, 4) is 0 Å². The van der Waals surface area contributed by atoms with Gasteiger partial charge in [0.2, 0.25) is 0 Å². The zero-order valence-electron chi connectivity index (χ0n) is 8.31. The normalized spacial score (nSPS) is 10.1. The Balaban J connectivity index is 2.14. The molecule has 82 valence electrons. The van der Waals surface area contributed by atoms with Crippen molar-refractivity contribution in [2.45, 2.75) is 5.88 Å². The number of nitrogens with zero attached hydrogens (tertiary/aromatic N) is 1. The topological polar surface area (TPSA) is 55.1 Å². The first-order valence-corrected chi connectivity index (χ1v) is 5.19. The van der Waals surface area contributed by atoms with Crippen LogP contribution in [-0.4, -0.2) is 11.1 Å². The highest BCUT2D eigenvalue weighted by atomic mass is 35.5. The van der Waals surface area contributed by atoms with Crippen molar-refractivity contribution in [1.29, 1.82) is 0 Å². The fraction of sp³-hybridized carbons (Fsp3) is 0.0909. The molecule has 1 heterocycles. The summed E-state index contributed by atoms with van der Waals surface area (Å²) >= 11 is 5.69. The molecule has 0 radical (unpaired) electrons. The molecule has 1 N–H and O–H groups in total. The van der Waals surface area contributed by atoms with Gasteiger partial charge in [0.25, 0.3) is 5.91 Å². The van der Waals surface area contributed by atoms with E-state index >= 15 is 0 Å².